The van der Waals surface area contributed by atoms with Gasteiger partial charge in [-0.1, -0.05) is 18.2 Å². The van der Waals surface area contributed by atoms with Crippen LogP contribution in [0.4, 0.5) is 20.2 Å². The van der Waals surface area contributed by atoms with Crippen LogP contribution in [0.2, 0.25) is 0 Å². The summed E-state index contributed by atoms with van der Waals surface area (Å²) in [6, 6.07) is 11.8. The minimum atomic E-state index is -0.766. The van der Waals surface area contributed by atoms with Crippen molar-refractivity contribution in [1.29, 1.82) is 0 Å². The largest absolute Gasteiger partial charge is 0.369 e. The van der Waals surface area contributed by atoms with Gasteiger partial charge < -0.3 is 10.2 Å². The van der Waals surface area contributed by atoms with Crippen LogP contribution in [-0.2, 0) is 4.79 Å². The zero-order valence-electron chi connectivity index (χ0n) is 14.1. The van der Waals surface area contributed by atoms with E-state index in [2.05, 4.69) is 35.3 Å². The highest BCUT2D eigenvalue weighted by Gasteiger charge is 2.20. The number of nitrogens with one attached hydrogen (secondary N) is 1. The molecule has 0 radical (unpaired) electrons. The predicted octanol–water partition coefficient (Wildman–Crippen LogP) is 3.03. The van der Waals surface area contributed by atoms with Gasteiger partial charge in [-0.15, -0.1) is 0 Å². The highest BCUT2D eigenvalue weighted by atomic mass is 19.1. The van der Waals surface area contributed by atoms with E-state index >= 15 is 0 Å². The monoisotopic (exact) mass is 345 g/mol. The zero-order valence-corrected chi connectivity index (χ0v) is 14.1. The van der Waals surface area contributed by atoms with E-state index in [0.29, 0.717) is 0 Å². The number of benzene rings is 2. The molecule has 1 saturated heterocycles. The SMILES string of the molecule is Cc1cccc(N2CCN(CC(=O)Nc3c(F)cccc3F)CC2)c1. The minimum Gasteiger partial charge on any atom is -0.369 e. The molecule has 1 aliphatic rings. The molecule has 4 nitrogen and oxygen atoms in total. The Bertz CT molecular complexity index is 738. The highest BCUT2D eigenvalue weighted by Crippen LogP contribution is 2.19. The Morgan fingerprint density at radius 3 is 2.32 bits per heavy atom. The number of amides is 1. The van der Waals surface area contributed by atoms with Crippen LogP contribution in [0.5, 0.6) is 0 Å². The molecule has 0 spiro atoms. The lowest BCUT2D eigenvalue weighted by atomic mass is 10.2. The number of para-hydroxylation sites is 1. The van der Waals surface area contributed by atoms with Gasteiger partial charge in [-0.2, -0.15) is 0 Å². The molecule has 6 heteroatoms. The van der Waals surface area contributed by atoms with Gasteiger partial charge in [0.15, 0.2) is 0 Å². The van der Waals surface area contributed by atoms with Crippen LogP contribution < -0.4 is 10.2 Å². The van der Waals surface area contributed by atoms with Gasteiger partial charge in [0.2, 0.25) is 5.91 Å². The summed E-state index contributed by atoms with van der Waals surface area (Å²) in [5, 5.41) is 2.33. The van der Waals surface area contributed by atoms with Gasteiger partial charge in [0, 0.05) is 31.9 Å². The van der Waals surface area contributed by atoms with E-state index in [1.54, 1.807) is 0 Å². The third-order valence-corrected chi connectivity index (χ3v) is 4.33. The standard InChI is InChI=1S/C19H21F2N3O/c1-14-4-2-5-15(12-14)24-10-8-23(9-11-24)13-18(25)22-19-16(20)6-3-7-17(19)21/h2-7,12H,8-11,13H2,1H3,(H,22,25). The van der Waals surface area contributed by atoms with Crippen LogP contribution in [-0.4, -0.2) is 43.5 Å². The first-order chi connectivity index (χ1) is 12.0. The van der Waals surface area contributed by atoms with E-state index in [-0.39, 0.29) is 12.2 Å². The van der Waals surface area contributed by atoms with Gasteiger partial charge >= 0.3 is 0 Å². The van der Waals surface area contributed by atoms with E-state index in [4.69, 9.17) is 0 Å². The Morgan fingerprint density at radius 1 is 1.04 bits per heavy atom. The maximum atomic E-state index is 13.6. The van der Waals surface area contributed by atoms with Crippen LogP contribution in [0.25, 0.3) is 0 Å². The van der Waals surface area contributed by atoms with Crippen LogP contribution >= 0.6 is 0 Å². The molecular weight excluding hydrogens is 324 g/mol. The smallest absolute Gasteiger partial charge is 0.238 e. The fourth-order valence-electron chi connectivity index (χ4n) is 2.99. The number of aryl methyl sites for hydroxylation is 1. The van der Waals surface area contributed by atoms with Crippen molar-refractivity contribution in [3.8, 4) is 0 Å². The van der Waals surface area contributed by atoms with Crippen LogP contribution in [0.3, 0.4) is 0 Å². The van der Waals surface area contributed by atoms with Gasteiger partial charge in [-0.05, 0) is 36.8 Å². The van der Waals surface area contributed by atoms with E-state index in [1.165, 1.54) is 17.3 Å². The second-order valence-electron chi connectivity index (χ2n) is 6.25. The molecule has 1 aliphatic heterocycles. The summed E-state index contributed by atoms with van der Waals surface area (Å²) in [7, 11) is 0. The number of anilines is 2. The molecule has 0 saturated carbocycles. The van der Waals surface area contributed by atoms with Gasteiger partial charge in [-0.3, -0.25) is 9.69 Å². The van der Waals surface area contributed by atoms with E-state index in [1.807, 2.05) is 11.0 Å². The molecule has 3 rings (SSSR count). The maximum absolute atomic E-state index is 13.6. The summed E-state index contributed by atoms with van der Waals surface area (Å²) >= 11 is 0. The first kappa shape index (κ1) is 17.4. The maximum Gasteiger partial charge on any atom is 0.238 e. The van der Waals surface area contributed by atoms with Crippen molar-refractivity contribution in [2.45, 2.75) is 6.92 Å². The number of carbonyl (C=O) groups is 1. The van der Waals surface area contributed by atoms with E-state index < -0.39 is 17.5 Å². The zero-order chi connectivity index (χ0) is 17.8. The molecule has 0 bridgehead atoms. The quantitative estimate of drug-likeness (QED) is 0.925. The average Bonchev–Trinajstić information content (AvgIpc) is 2.59. The average molecular weight is 345 g/mol. The Hall–Kier alpha value is -2.47. The van der Waals surface area contributed by atoms with Gasteiger partial charge in [0.25, 0.3) is 0 Å². The molecule has 1 N–H and O–H groups in total. The van der Waals surface area contributed by atoms with Crippen molar-refractivity contribution < 1.29 is 13.6 Å². The lowest BCUT2D eigenvalue weighted by Crippen LogP contribution is -2.48. The molecule has 132 valence electrons. The van der Waals surface area contributed by atoms with Crippen molar-refractivity contribution in [2.75, 3.05) is 42.9 Å². The second kappa shape index (κ2) is 7.61. The lowest BCUT2D eigenvalue weighted by molar-refractivity contribution is -0.117. The van der Waals surface area contributed by atoms with Crippen LogP contribution in [0.15, 0.2) is 42.5 Å². The third kappa shape index (κ3) is 4.33. The lowest BCUT2D eigenvalue weighted by Gasteiger charge is -2.35. The van der Waals surface area contributed by atoms with Gasteiger partial charge in [0.1, 0.15) is 17.3 Å². The summed E-state index contributed by atoms with van der Waals surface area (Å²) < 4.78 is 27.2. The second-order valence-corrected chi connectivity index (χ2v) is 6.25. The van der Waals surface area contributed by atoms with Gasteiger partial charge in [0.05, 0.1) is 6.54 Å². The number of halogens is 2. The first-order valence-corrected chi connectivity index (χ1v) is 8.31. The number of piperazine rings is 1. The number of rotatable bonds is 4. The molecule has 0 aliphatic carbocycles. The Kier molecular flexibility index (Phi) is 5.28. The number of carbonyl (C=O) groups excluding carboxylic acids is 1. The van der Waals surface area contributed by atoms with Crippen LogP contribution in [0.1, 0.15) is 5.56 Å². The minimum absolute atomic E-state index is 0.120. The summed E-state index contributed by atoms with van der Waals surface area (Å²) in [5.74, 6) is -1.94. The molecule has 1 heterocycles. The molecule has 25 heavy (non-hydrogen) atoms. The first-order valence-electron chi connectivity index (χ1n) is 8.31. The number of nitrogens with zero attached hydrogens (tertiary/aromatic N) is 2. The fraction of sp³-hybridized carbons (Fsp3) is 0.316. The number of hydrogen-bond acceptors (Lipinski definition) is 3. The summed E-state index contributed by atoms with van der Waals surface area (Å²) in [6.45, 7) is 5.25. The molecule has 2 aromatic rings. The van der Waals surface area contributed by atoms with Gasteiger partial charge in [-0.25, -0.2) is 8.78 Å². The third-order valence-electron chi connectivity index (χ3n) is 4.33. The molecule has 1 amide bonds. The van der Waals surface area contributed by atoms with E-state index in [0.717, 1.165) is 38.3 Å². The number of hydrogen-bond donors (Lipinski definition) is 1. The van der Waals surface area contributed by atoms with Crippen molar-refractivity contribution in [2.24, 2.45) is 0 Å². The van der Waals surface area contributed by atoms with Crippen molar-refractivity contribution >= 4 is 17.3 Å². The Morgan fingerprint density at radius 2 is 1.68 bits per heavy atom. The molecule has 0 aromatic heterocycles. The van der Waals surface area contributed by atoms with Crippen LogP contribution in [0, 0.1) is 18.6 Å². The molecule has 2 aromatic carbocycles. The Labute approximate surface area is 146 Å². The van der Waals surface area contributed by atoms with Crippen molar-refractivity contribution in [3.05, 3.63) is 59.7 Å². The summed E-state index contributed by atoms with van der Waals surface area (Å²) in [5.41, 5.74) is 2.01. The predicted molar refractivity (Wildman–Crippen MR) is 94.8 cm³/mol. The highest BCUT2D eigenvalue weighted by molar-refractivity contribution is 5.92. The van der Waals surface area contributed by atoms with Crippen molar-refractivity contribution in [3.63, 3.8) is 0 Å². The molecular formula is C19H21F2N3O. The molecule has 1 fully saturated rings. The molecule has 0 atom stereocenters. The normalized spacial score (nSPS) is 15.2. The molecule has 0 unspecified atom stereocenters. The summed E-state index contributed by atoms with van der Waals surface area (Å²) in [6.07, 6.45) is 0. The fourth-order valence-corrected chi connectivity index (χ4v) is 2.99. The topological polar surface area (TPSA) is 35.6 Å². The van der Waals surface area contributed by atoms with E-state index in [9.17, 15) is 13.6 Å². The Balaban J connectivity index is 1.53. The van der Waals surface area contributed by atoms with Crippen molar-refractivity contribution in [1.82, 2.24) is 4.90 Å². The summed E-state index contributed by atoms with van der Waals surface area (Å²) in [4.78, 5) is 16.3.